The van der Waals surface area contributed by atoms with Crippen molar-refractivity contribution in [1.82, 2.24) is 4.67 Å². The fraction of sp³-hybridized carbons (Fsp3) is 0.720. The first-order valence-electron chi connectivity index (χ1n) is 10.9. The summed E-state index contributed by atoms with van der Waals surface area (Å²) in [7, 11) is -2.70. The highest BCUT2D eigenvalue weighted by Gasteiger charge is 2.52. The SMILES string of the molecule is CC(C)(C)c1cc(N2[C]N(P(=O)(C(C)(C)C)C(C)(C)C)CC2)cc(C(C)(C)C)c1. The summed E-state index contributed by atoms with van der Waals surface area (Å²) in [6.45, 7) is 31.2. The monoisotopic (exact) mass is 418 g/mol. The Morgan fingerprint density at radius 1 is 0.724 bits per heavy atom. The second-order valence-electron chi connectivity index (χ2n) is 12.6. The minimum absolute atomic E-state index is 0.0710. The second-order valence-corrected chi connectivity index (χ2v) is 16.9. The summed E-state index contributed by atoms with van der Waals surface area (Å²) < 4.78 is 16.4. The number of anilines is 1. The molecule has 2 radical (unpaired) electrons. The quantitative estimate of drug-likeness (QED) is 0.472. The van der Waals surface area contributed by atoms with Crippen molar-refractivity contribution in [1.29, 1.82) is 0 Å². The molecule has 1 aliphatic rings. The molecule has 0 aliphatic carbocycles. The van der Waals surface area contributed by atoms with Crippen molar-refractivity contribution in [2.24, 2.45) is 0 Å². The van der Waals surface area contributed by atoms with Gasteiger partial charge < -0.3 is 9.46 Å². The first-order chi connectivity index (χ1) is 12.8. The summed E-state index contributed by atoms with van der Waals surface area (Å²) in [5.41, 5.74) is 3.95. The zero-order valence-electron chi connectivity index (χ0n) is 20.9. The normalized spacial score (nSPS) is 17.9. The molecule has 0 saturated carbocycles. The van der Waals surface area contributed by atoms with Crippen molar-refractivity contribution < 1.29 is 4.57 Å². The number of hydrogen-bond acceptors (Lipinski definition) is 2. The van der Waals surface area contributed by atoms with Crippen molar-refractivity contribution in [2.45, 2.75) is 104 Å². The molecule has 3 nitrogen and oxygen atoms in total. The minimum Gasteiger partial charge on any atom is -0.345 e. The molecule has 4 heteroatoms. The van der Waals surface area contributed by atoms with E-state index in [9.17, 15) is 4.57 Å². The highest BCUT2D eigenvalue weighted by molar-refractivity contribution is 7.64. The van der Waals surface area contributed by atoms with Crippen LogP contribution >= 0.6 is 7.29 Å². The topological polar surface area (TPSA) is 23.6 Å². The molecule has 1 heterocycles. The van der Waals surface area contributed by atoms with Crippen LogP contribution in [0.15, 0.2) is 18.2 Å². The molecule has 0 N–H and O–H groups in total. The Morgan fingerprint density at radius 2 is 1.14 bits per heavy atom. The van der Waals surface area contributed by atoms with Gasteiger partial charge in [0.15, 0.2) is 14.0 Å². The van der Waals surface area contributed by atoms with Gasteiger partial charge in [0.25, 0.3) is 0 Å². The molecule has 2 rings (SSSR count). The smallest absolute Gasteiger partial charge is 0.183 e. The first kappa shape index (κ1) is 24.5. The summed E-state index contributed by atoms with van der Waals surface area (Å²) in [5.74, 6) is 0. The van der Waals surface area contributed by atoms with Crippen LogP contribution in [0.3, 0.4) is 0 Å². The van der Waals surface area contributed by atoms with Gasteiger partial charge in [0.05, 0.1) is 0 Å². The van der Waals surface area contributed by atoms with Crippen LogP contribution in [-0.4, -0.2) is 28.1 Å². The minimum atomic E-state index is -2.70. The van der Waals surface area contributed by atoms with E-state index < -0.39 is 7.29 Å². The predicted octanol–water partition coefficient (Wildman–Crippen LogP) is 7.27. The Kier molecular flexibility index (Phi) is 6.26. The molecule has 1 aromatic rings. The van der Waals surface area contributed by atoms with Crippen molar-refractivity contribution in [3.63, 3.8) is 0 Å². The van der Waals surface area contributed by atoms with Gasteiger partial charge in [0, 0.05) is 29.1 Å². The standard InChI is InChI=1S/C25H43N2OP/c1-22(2,3)19-15-20(23(4,5)6)17-21(16-19)26-13-14-27(18-26)29(28,24(7,8)9)25(10,11)12/h15-17H,13-14H2,1-12H3. The van der Waals surface area contributed by atoms with E-state index in [-0.39, 0.29) is 21.1 Å². The van der Waals surface area contributed by atoms with Crippen LogP contribution in [0, 0.1) is 6.67 Å². The molecule has 1 saturated heterocycles. The van der Waals surface area contributed by atoms with E-state index in [0.717, 1.165) is 18.8 Å². The van der Waals surface area contributed by atoms with Gasteiger partial charge in [0.1, 0.15) is 0 Å². The third-order valence-corrected chi connectivity index (χ3v) is 10.5. The Hall–Kier alpha value is -0.790. The van der Waals surface area contributed by atoms with Gasteiger partial charge in [-0.25, -0.2) is 4.67 Å². The van der Waals surface area contributed by atoms with Gasteiger partial charge in [-0.3, -0.25) is 0 Å². The molecule has 0 amide bonds. The van der Waals surface area contributed by atoms with Crippen LogP contribution in [0.25, 0.3) is 0 Å². The summed E-state index contributed by atoms with van der Waals surface area (Å²) >= 11 is 0. The average Bonchev–Trinajstić information content (AvgIpc) is 2.99. The molecule has 164 valence electrons. The van der Waals surface area contributed by atoms with E-state index in [1.165, 1.54) is 11.1 Å². The zero-order valence-corrected chi connectivity index (χ0v) is 21.8. The van der Waals surface area contributed by atoms with Crippen molar-refractivity contribution >= 4 is 13.0 Å². The maximum atomic E-state index is 14.3. The number of rotatable bonds is 2. The summed E-state index contributed by atoms with van der Waals surface area (Å²) in [5, 5.41) is -0.615. The van der Waals surface area contributed by atoms with Crippen molar-refractivity contribution in [2.75, 3.05) is 18.0 Å². The van der Waals surface area contributed by atoms with Crippen LogP contribution in [0.5, 0.6) is 0 Å². The molecule has 0 unspecified atom stereocenters. The molecule has 0 spiro atoms. The van der Waals surface area contributed by atoms with Crippen LogP contribution in [0.4, 0.5) is 5.69 Å². The van der Waals surface area contributed by atoms with E-state index in [0.29, 0.717) is 0 Å². The Morgan fingerprint density at radius 3 is 1.48 bits per heavy atom. The Bertz CT molecular complexity index is 735. The molecule has 0 aromatic heterocycles. The number of benzene rings is 1. The second kappa shape index (κ2) is 7.41. The lowest BCUT2D eigenvalue weighted by atomic mass is 9.80. The first-order valence-corrected chi connectivity index (χ1v) is 12.5. The van der Waals surface area contributed by atoms with Crippen LogP contribution in [-0.2, 0) is 15.4 Å². The Labute approximate surface area is 180 Å². The summed E-state index contributed by atoms with van der Waals surface area (Å²) in [6.07, 6.45) is 0. The molecule has 1 aromatic carbocycles. The third kappa shape index (κ3) is 4.77. The van der Waals surface area contributed by atoms with E-state index in [1.807, 2.05) is 4.67 Å². The maximum absolute atomic E-state index is 14.3. The van der Waals surface area contributed by atoms with Gasteiger partial charge in [-0.2, -0.15) is 0 Å². The highest BCUT2D eigenvalue weighted by Crippen LogP contribution is 2.70. The molecular weight excluding hydrogens is 375 g/mol. The van der Waals surface area contributed by atoms with Crippen LogP contribution in [0.1, 0.15) is 94.2 Å². The Balaban J connectivity index is 2.47. The molecular formula is C25H43N2OP. The van der Waals surface area contributed by atoms with Gasteiger partial charge in [-0.1, -0.05) is 89.2 Å². The van der Waals surface area contributed by atoms with Gasteiger partial charge in [-0.15, -0.1) is 0 Å². The fourth-order valence-electron chi connectivity index (χ4n) is 4.19. The average molecular weight is 419 g/mol. The number of hydrogen-bond donors (Lipinski definition) is 0. The molecule has 0 bridgehead atoms. The van der Waals surface area contributed by atoms with Crippen molar-refractivity contribution in [3.8, 4) is 0 Å². The van der Waals surface area contributed by atoms with E-state index in [2.05, 4.69) is 113 Å². The maximum Gasteiger partial charge on any atom is 0.183 e. The third-order valence-electron chi connectivity index (χ3n) is 5.89. The molecule has 1 aliphatic heterocycles. The molecule has 29 heavy (non-hydrogen) atoms. The van der Waals surface area contributed by atoms with Crippen LogP contribution in [0.2, 0.25) is 0 Å². The summed E-state index contributed by atoms with van der Waals surface area (Å²) in [4.78, 5) is 2.18. The lowest BCUT2D eigenvalue weighted by Crippen LogP contribution is -2.37. The van der Waals surface area contributed by atoms with Crippen molar-refractivity contribution in [3.05, 3.63) is 36.0 Å². The molecule has 1 fully saturated rings. The zero-order chi connectivity index (χ0) is 22.6. The fourth-order valence-corrected chi connectivity index (χ4v) is 8.25. The predicted molar refractivity (Wildman–Crippen MR) is 128 cm³/mol. The highest BCUT2D eigenvalue weighted by atomic mass is 31.2. The lowest BCUT2D eigenvalue weighted by Gasteiger charge is -2.45. The van der Waals surface area contributed by atoms with E-state index in [1.54, 1.807) is 0 Å². The largest absolute Gasteiger partial charge is 0.345 e. The van der Waals surface area contributed by atoms with Gasteiger partial charge in [-0.05, 0) is 34.1 Å². The molecule has 0 atom stereocenters. The van der Waals surface area contributed by atoms with E-state index in [4.69, 9.17) is 0 Å². The van der Waals surface area contributed by atoms with Gasteiger partial charge in [0.2, 0.25) is 0 Å². The van der Waals surface area contributed by atoms with Gasteiger partial charge >= 0.3 is 0 Å². The van der Waals surface area contributed by atoms with E-state index >= 15 is 0 Å². The summed E-state index contributed by atoms with van der Waals surface area (Å²) in [6, 6.07) is 6.90. The lowest BCUT2D eigenvalue weighted by molar-refractivity contribution is 0.443. The number of nitrogens with zero attached hydrogens (tertiary/aromatic N) is 2. The van der Waals surface area contributed by atoms with Crippen LogP contribution < -0.4 is 4.90 Å².